The second-order valence-electron chi connectivity index (χ2n) is 6.51. The predicted octanol–water partition coefficient (Wildman–Crippen LogP) is -1.91. The maximum atomic E-state index is 12.8. The van der Waals surface area contributed by atoms with Crippen LogP contribution in [0.5, 0.6) is 0 Å². The first kappa shape index (κ1) is 27.0. The Labute approximate surface area is 189 Å². The third-order valence-electron chi connectivity index (χ3n) is 4.38. The van der Waals surface area contributed by atoms with E-state index in [0.29, 0.717) is 0 Å². The smallest absolute Gasteiger partial charge is 0.480 e. The van der Waals surface area contributed by atoms with Crippen LogP contribution in [0.3, 0.4) is 0 Å². The Balaban J connectivity index is 2.37. The minimum atomic E-state index is -5.27. The number of rotatable bonds is 10. The van der Waals surface area contributed by atoms with Gasteiger partial charge in [0.05, 0.1) is 0 Å². The third kappa shape index (κ3) is 6.65. The normalized spacial score (nSPS) is 24.2. The van der Waals surface area contributed by atoms with Crippen molar-refractivity contribution in [3.8, 4) is 0 Å². The van der Waals surface area contributed by atoms with E-state index in [0.717, 1.165) is 23.9 Å². The highest BCUT2D eigenvalue weighted by molar-refractivity contribution is 8.39. The van der Waals surface area contributed by atoms with Crippen molar-refractivity contribution in [2.24, 2.45) is 0 Å². The lowest BCUT2D eigenvalue weighted by Gasteiger charge is -2.19. The van der Waals surface area contributed by atoms with Crippen molar-refractivity contribution in [1.29, 1.82) is 0 Å². The van der Waals surface area contributed by atoms with E-state index in [-0.39, 0.29) is 0 Å². The lowest BCUT2D eigenvalue weighted by atomic mass is 10.1. The number of ether oxygens (including phenoxy) is 2. The summed E-state index contributed by atoms with van der Waals surface area (Å²) in [6.07, 6.45) is -6.25. The van der Waals surface area contributed by atoms with Gasteiger partial charge < -0.3 is 29.7 Å². The van der Waals surface area contributed by atoms with Crippen LogP contribution in [0.15, 0.2) is 21.9 Å². The molecule has 6 atom stereocenters. The standard InChI is InChI=1S/C14H17N3O13P2S/c1-28-10-8(30-31(24)33)9(29-12(10)17-3-2-6(18)16-14(17)23)11(20)15-5(13(21)22)4-7(19)32(25,26)27/h2-3,5,8-10,12H,4H2,1H3,(H5-,15,16,18,20,21,22,23,24,25,26,27,33)/p+1/t5-,8?,9+,10+,12-/m1/s1. The Morgan fingerprint density at radius 1 is 1.36 bits per heavy atom. The fourth-order valence-corrected chi connectivity index (χ4v) is 4.11. The van der Waals surface area contributed by atoms with Crippen LogP contribution in [0, 0.1) is 0 Å². The number of hydrogen-bond acceptors (Lipinski definition) is 10. The summed E-state index contributed by atoms with van der Waals surface area (Å²) in [5.41, 5.74) is -3.43. The fourth-order valence-electron chi connectivity index (χ4n) is 2.92. The molecule has 0 spiro atoms. The molecule has 16 nitrogen and oxygen atoms in total. The van der Waals surface area contributed by atoms with Gasteiger partial charge in [-0.05, 0) is 4.57 Å². The maximum Gasteiger partial charge on any atom is 0.582 e. The van der Waals surface area contributed by atoms with Crippen molar-refractivity contribution in [2.75, 3.05) is 7.11 Å². The molecule has 1 aromatic heterocycles. The minimum Gasteiger partial charge on any atom is -0.480 e. The molecular formula is C14H18N3O13P2S+. The van der Waals surface area contributed by atoms with Crippen molar-refractivity contribution in [1.82, 2.24) is 14.9 Å². The highest BCUT2D eigenvalue weighted by Crippen LogP contribution is 2.40. The van der Waals surface area contributed by atoms with Gasteiger partial charge in [0.25, 0.3) is 11.5 Å². The zero-order chi connectivity index (χ0) is 25.1. The van der Waals surface area contributed by atoms with Crippen molar-refractivity contribution in [3.05, 3.63) is 33.1 Å². The second-order valence-corrected chi connectivity index (χ2v) is 9.77. The molecular weight excluding hydrogens is 512 g/mol. The molecule has 0 aliphatic carbocycles. The predicted molar refractivity (Wildman–Crippen MR) is 109 cm³/mol. The van der Waals surface area contributed by atoms with Crippen LogP contribution in [0.2, 0.25) is 0 Å². The van der Waals surface area contributed by atoms with Crippen LogP contribution in [0.4, 0.5) is 0 Å². The molecule has 1 amide bonds. The van der Waals surface area contributed by atoms with Crippen LogP contribution in [0.1, 0.15) is 12.6 Å². The number of methoxy groups -OCH3 is 1. The molecule has 182 valence electrons. The number of aliphatic carboxylic acids is 1. The Morgan fingerprint density at radius 3 is 2.48 bits per heavy atom. The van der Waals surface area contributed by atoms with Crippen molar-refractivity contribution in [2.45, 2.75) is 37.0 Å². The van der Waals surface area contributed by atoms with Crippen LogP contribution in [-0.4, -0.2) is 73.3 Å². The Morgan fingerprint density at radius 2 is 2.00 bits per heavy atom. The monoisotopic (exact) mass is 530 g/mol. The molecule has 5 N–H and O–H groups in total. The molecule has 19 heteroatoms. The molecule has 0 bridgehead atoms. The number of aromatic amines is 1. The highest BCUT2D eigenvalue weighted by Gasteiger charge is 2.54. The van der Waals surface area contributed by atoms with Crippen molar-refractivity contribution < 1.29 is 52.4 Å². The zero-order valence-corrected chi connectivity index (χ0v) is 19.1. The highest BCUT2D eigenvalue weighted by atomic mass is 32.7. The lowest BCUT2D eigenvalue weighted by Crippen LogP contribution is -2.50. The summed E-state index contributed by atoms with van der Waals surface area (Å²) in [4.78, 5) is 78.8. The SMILES string of the molecule is CO[C@H]1C(O[P+](=O)S)[C@@H](C(=O)N[C@H](CC(=O)P(=O)(O)O)C(=O)O)O[C@H]1n1ccc(=O)[nH]c1=O. The van der Waals surface area contributed by atoms with E-state index in [1.165, 1.54) is 0 Å². The molecule has 1 saturated heterocycles. The lowest BCUT2D eigenvalue weighted by molar-refractivity contribution is -0.146. The Hall–Kier alpha value is -2.23. The van der Waals surface area contributed by atoms with E-state index < -0.39 is 80.5 Å². The van der Waals surface area contributed by atoms with Gasteiger partial charge in [-0.25, -0.2) is 9.59 Å². The van der Waals surface area contributed by atoms with Gasteiger partial charge in [-0.2, -0.15) is 0 Å². The number of nitrogens with zero attached hydrogens (tertiary/aromatic N) is 1. The molecule has 2 rings (SSSR count). The second kappa shape index (κ2) is 10.8. The first-order chi connectivity index (χ1) is 15.3. The van der Waals surface area contributed by atoms with Crippen LogP contribution in [-0.2, 0) is 37.5 Å². The zero-order valence-electron chi connectivity index (χ0n) is 16.5. The summed E-state index contributed by atoms with van der Waals surface area (Å²) in [5, 5.41) is 11.1. The number of hydrogen-bond donors (Lipinski definition) is 6. The third-order valence-corrected chi connectivity index (χ3v) is 5.91. The Bertz CT molecular complexity index is 1110. The summed E-state index contributed by atoms with van der Waals surface area (Å²) >= 11 is 3.59. The molecule has 1 aromatic rings. The topological polar surface area (TPSA) is 241 Å². The minimum absolute atomic E-state index is 0.734. The number of thiol groups is 1. The van der Waals surface area contributed by atoms with Gasteiger partial charge in [0.2, 0.25) is 5.52 Å². The molecule has 1 aliphatic heterocycles. The van der Waals surface area contributed by atoms with E-state index in [2.05, 4.69) is 12.2 Å². The largest absolute Gasteiger partial charge is 0.582 e. The number of carboxylic acid groups (broad SMARTS) is 1. The number of amides is 1. The molecule has 1 aliphatic rings. The average Bonchev–Trinajstić information content (AvgIpc) is 3.03. The molecule has 1 fully saturated rings. The van der Waals surface area contributed by atoms with E-state index in [1.807, 2.05) is 10.3 Å². The first-order valence-electron chi connectivity index (χ1n) is 8.71. The molecule has 0 radical (unpaired) electrons. The van der Waals surface area contributed by atoms with Crippen LogP contribution in [0.25, 0.3) is 0 Å². The van der Waals surface area contributed by atoms with Gasteiger partial charge in [-0.1, -0.05) is 0 Å². The number of H-pyrrole nitrogens is 1. The van der Waals surface area contributed by atoms with Gasteiger partial charge in [0, 0.05) is 25.8 Å². The summed E-state index contributed by atoms with van der Waals surface area (Å²) < 4.78 is 39.2. The van der Waals surface area contributed by atoms with Gasteiger partial charge in [-0.3, -0.25) is 28.5 Å². The maximum absolute atomic E-state index is 12.8. The van der Waals surface area contributed by atoms with Gasteiger partial charge >= 0.3 is 26.5 Å². The molecule has 0 saturated carbocycles. The van der Waals surface area contributed by atoms with Crippen LogP contribution < -0.4 is 16.6 Å². The van der Waals surface area contributed by atoms with Gasteiger partial charge in [-0.15, -0.1) is 4.52 Å². The number of nitrogens with one attached hydrogen (secondary N) is 2. The molecule has 2 unspecified atom stereocenters. The van der Waals surface area contributed by atoms with Crippen LogP contribution >= 0.6 is 27.1 Å². The number of carbonyl (C=O) groups is 3. The van der Waals surface area contributed by atoms with Gasteiger partial charge in [0.1, 0.15) is 24.4 Å². The summed E-state index contributed by atoms with van der Waals surface area (Å²) in [5.74, 6) is -3.05. The van der Waals surface area contributed by atoms with E-state index in [1.54, 1.807) is 0 Å². The molecule has 0 aromatic carbocycles. The number of aromatic nitrogens is 2. The van der Waals surface area contributed by atoms with E-state index in [4.69, 9.17) is 23.8 Å². The van der Waals surface area contributed by atoms with Crippen molar-refractivity contribution in [3.63, 3.8) is 0 Å². The number of carboxylic acids is 1. The first-order valence-corrected chi connectivity index (χ1v) is 12.6. The van der Waals surface area contributed by atoms with E-state index >= 15 is 0 Å². The van der Waals surface area contributed by atoms with Gasteiger partial charge in [0.15, 0.2) is 18.4 Å². The summed E-state index contributed by atoms with van der Waals surface area (Å²) in [6, 6.07) is -1.10. The van der Waals surface area contributed by atoms with E-state index in [9.17, 15) is 38.2 Å². The molecule has 33 heavy (non-hydrogen) atoms. The average molecular weight is 530 g/mol. The number of carbonyl (C=O) groups excluding carboxylic acids is 2. The van der Waals surface area contributed by atoms with Crippen molar-refractivity contribution >= 4 is 44.5 Å². The Kier molecular flexibility index (Phi) is 8.84. The summed E-state index contributed by atoms with van der Waals surface area (Å²) in [6.45, 7) is 0. The quantitative estimate of drug-likeness (QED) is 0.143. The molecule has 2 heterocycles. The summed E-state index contributed by atoms with van der Waals surface area (Å²) in [7, 11) is -6.80. The fraction of sp³-hybridized carbons (Fsp3) is 0.500.